The van der Waals surface area contributed by atoms with Crippen LogP contribution >= 0.6 is 22.9 Å². The largest absolute Gasteiger partial charge is 0.504 e. The fourth-order valence-electron chi connectivity index (χ4n) is 2.54. The molecule has 0 aliphatic heterocycles. The van der Waals surface area contributed by atoms with Crippen molar-refractivity contribution in [3.05, 3.63) is 75.3 Å². The van der Waals surface area contributed by atoms with E-state index in [0.29, 0.717) is 22.1 Å². The Bertz CT molecular complexity index is 1120. The zero-order valence-electron chi connectivity index (χ0n) is 15.3. The molecule has 3 rings (SSSR count). The van der Waals surface area contributed by atoms with Crippen molar-refractivity contribution in [2.45, 2.75) is 6.42 Å². The zero-order valence-corrected chi connectivity index (χ0v) is 16.9. The van der Waals surface area contributed by atoms with Crippen molar-refractivity contribution in [3.8, 4) is 17.6 Å². The van der Waals surface area contributed by atoms with E-state index in [2.05, 4.69) is 10.3 Å². The number of nitrogens with zero attached hydrogens (tertiary/aromatic N) is 2. The highest BCUT2D eigenvalue weighted by Crippen LogP contribution is 2.28. The van der Waals surface area contributed by atoms with E-state index in [-0.39, 0.29) is 17.1 Å². The first kappa shape index (κ1) is 20.4. The molecule has 8 heteroatoms. The summed E-state index contributed by atoms with van der Waals surface area (Å²) in [6, 6.07) is 14.0. The first-order chi connectivity index (χ1) is 14.0. The van der Waals surface area contributed by atoms with E-state index in [4.69, 9.17) is 16.3 Å². The molecule has 1 amide bonds. The summed E-state index contributed by atoms with van der Waals surface area (Å²) in [7, 11) is 1.42. The third kappa shape index (κ3) is 5.13. The number of carbonyl (C=O) groups excluding carboxylic acids is 1. The summed E-state index contributed by atoms with van der Waals surface area (Å²) < 4.78 is 5.04. The number of thiazole rings is 1. The Morgan fingerprint density at radius 1 is 1.38 bits per heavy atom. The molecular weight excluding hydrogens is 410 g/mol. The molecule has 0 unspecified atom stereocenters. The van der Waals surface area contributed by atoms with E-state index in [1.165, 1.54) is 36.7 Å². The van der Waals surface area contributed by atoms with Crippen LogP contribution in [0.3, 0.4) is 0 Å². The Morgan fingerprint density at radius 2 is 2.17 bits per heavy atom. The van der Waals surface area contributed by atoms with Gasteiger partial charge in [0.25, 0.3) is 5.91 Å². The highest BCUT2D eigenvalue weighted by atomic mass is 35.5. The molecule has 6 nitrogen and oxygen atoms in total. The van der Waals surface area contributed by atoms with E-state index >= 15 is 0 Å². The van der Waals surface area contributed by atoms with Gasteiger partial charge in [-0.2, -0.15) is 5.26 Å². The smallest absolute Gasteiger partial charge is 0.268 e. The monoisotopic (exact) mass is 425 g/mol. The third-order valence-corrected chi connectivity index (χ3v) is 5.26. The van der Waals surface area contributed by atoms with Crippen LogP contribution in [0.5, 0.6) is 11.5 Å². The number of hydrogen-bond donors (Lipinski definition) is 2. The minimum absolute atomic E-state index is 0.0264. The van der Waals surface area contributed by atoms with Crippen LogP contribution in [0.4, 0.5) is 5.13 Å². The van der Waals surface area contributed by atoms with Crippen molar-refractivity contribution in [1.29, 1.82) is 5.26 Å². The average Bonchev–Trinajstić information content (AvgIpc) is 3.15. The Balaban J connectivity index is 1.73. The molecule has 0 atom stereocenters. The zero-order chi connectivity index (χ0) is 20.8. The van der Waals surface area contributed by atoms with Crippen LogP contribution in [0.25, 0.3) is 6.08 Å². The fraction of sp³-hybridized carbons (Fsp3) is 0.0952. The number of ether oxygens (including phenoxy) is 1. The summed E-state index contributed by atoms with van der Waals surface area (Å²) in [5, 5.41) is 22.7. The Kier molecular flexibility index (Phi) is 6.50. The number of halogens is 1. The van der Waals surface area contributed by atoms with Crippen LogP contribution in [-0.2, 0) is 11.2 Å². The van der Waals surface area contributed by atoms with Gasteiger partial charge in [-0.05, 0) is 35.4 Å². The quantitative estimate of drug-likeness (QED) is 0.442. The van der Waals surface area contributed by atoms with Gasteiger partial charge in [-0.3, -0.25) is 10.1 Å². The van der Waals surface area contributed by atoms with E-state index in [1.54, 1.807) is 12.3 Å². The molecule has 29 heavy (non-hydrogen) atoms. The number of hydrogen-bond acceptors (Lipinski definition) is 6. The van der Waals surface area contributed by atoms with Crippen LogP contribution < -0.4 is 10.1 Å². The second-order valence-corrected chi connectivity index (χ2v) is 7.48. The van der Waals surface area contributed by atoms with E-state index in [0.717, 1.165) is 10.4 Å². The Labute approximate surface area is 176 Å². The van der Waals surface area contributed by atoms with Crippen molar-refractivity contribution in [1.82, 2.24) is 4.98 Å². The summed E-state index contributed by atoms with van der Waals surface area (Å²) in [5.41, 5.74) is 1.42. The molecular formula is C21H16ClN3O3S. The van der Waals surface area contributed by atoms with Gasteiger partial charge in [-0.15, -0.1) is 11.3 Å². The molecule has 0 saturated heterocycles. The minimum Gasteiger partial charge on any atom is -0.504 e. The average molecular weight is 426 g/mol. The van der Waals surface area contributed by atoms with Crippen molar-refractivity contribution in [3.63, 3.8) is 0 Å². The summed E-state index contributed by atoms with van der Waals surface area (Å²) in [5.74, 6) is -0.347. The van der Waals surface area contributed by atoms with Gasteiger partial charge in [0.05, 0.1) is 7.11 Å². The lowest BCUT2D eigenvalue weighted by Gasteiger charge is -2.04. The molecule has 0 aliphatic rings. The number of rotatable bonds is 6. The summed E-state index contributed by atoms with van der Waals surface area (Å²) in [6.45, 7) is 0. The Hall–Kier alpha value is -3.34. The fourth-order valence-corrected chi connectivity index (χ4v) is 3.57. The number of methoxy groups -OCH3 is 1. The summed E-state index contributed by atoms with van der Waals surface area (Å²) in [6.07, 6.45) is 3.68. The predicted molar refractivity (Wildman–Crippen MR) is 113 cm³/mol. The first-order valence-electron chi connectivity index (χ1n) is 8.48. The lowest BCUT2D eigenvalue weighted by molar-refractivity contribution is -0.112. The van der Waals surface area contributed by atoms with E-state index in [9.17, 15) is 15.2 Å². The number of aromatic hydroxyl groups is 1. The van der Waals surface area contributed by atoms with Gasteiger partial charge in [0.15, 0.2) is 16.6 Å². The maximum Gasteiger partial charge on any atom is 0.268 e. The van der Waals surface area contributed by atoms with E-state index in [1.807, 2.05) is 30.3 Å². The number of benzene rings is 2. The van der Waals surface area contributed by atoms with Crippen molar-refractivity contribution in [2.75, 3.05) is 12.4 Å². The Morgan fingerprint density at radius 3 is 2.90 bits per heavy atom. The molecule has 2 aromatic carbocycles. The number of carbonyl (C=O) groups is 1. The maximum atomic E-state index is 12.5. The molecule has 0 spiro atoms. The second kappa shape index (κ2) is 9.24. The number of nitriles is 1. The standard InChI is InChI=1S/C21H16ClN3O3S/c1-28-19-9-13(6-7-18(19)26)8-15(11-23)20(27)25-21-24-12-16(29-21)10-14-4-2-3-5-17(14)22/h2-9,12,26H,10H2,1H3,(H,24,25,27). The van der Waals surface area contributed by atoms with Gasteiger partial charge >= 0.3 is 0 Å². The van der Waals surface area contributed by atoms with Gasteiger partial charge in [-0.1, -0.05) is 35.9 Å². The molecule has 146 valence electrons. The molecule has 3 aromatic rings. The lowest BCUT2D eigenvalue weighted by Crippen LogP contribution is -2.13. The summed E-state index contributed by atoms with van der Waals surface area (Å²) >= 11 is 7.50. The van der Waals surface area contributed by atoms with Gasteiger partial charge in [0, 0.05) is 22.5 Å². The molecule has 0 aliphatic carbocycles. The van der Waals surface area contributed by atoms with Gasteiger partial charge < -0.3 is 9.84 Å². The van der Waals surface area contributed by atoms with Crippen molar-refractivity contribution < 1.29 is 14.6 Å². The lowest BCUT2D eigenvalue weighted by atomic mass is 10.1. The molecule has 2 N–H and O–H groups in total. The van der Waals surface area contributed by atoms with Gasteiger partial charge in [0.1, 0.15) is 11.6 Å². The normalized spacial score (nSPS) is 11.0. The third-order valence-electron chi connectivity index (χ3n) is 3.98. The van der Waals surface area contributed by atoms with Crippen molar-refractivity contribution in [2.24, 2.45) is 0 Å². The van der Waals surface area contributed by atoms with Gasteiger partial charge in [-0.25, -0.2) is 4.98 Å². The van der Waals surface area contributed by atoms with Crippen LogP contribution in [0.1, 0.15) is 16.0 Å². The highest BCUT2D eigenvalue weighted by Gasteiger charge is 2.13. The highest BCUT2D eigenvalue weighted by molar-refractivity contribution is 7.15. The topological polar surface area (TPSA) is 95.2 Å². The summed E-state index contributed by atoms with van der Waals surface area (Å²) in [4.78, 5) is 17.6. The predicted octanol–water partition coefficient (Wildman–Crippen LogP) is 4.65. The SMILES string of the molecule is COc1cc(C=C(C#N)C(=O)Nc2ncc(Cc3ccccc3Cl)s2)ccc1O. The van der Waals surface area contributed by atoms with Crippen LogP contribution in [0.2, 0.25) is 5.02 Å². The van der Waals surface area contributed by atoms with Crippen molar-refractivity contribution >= 4 is 40.1 Å². The number of amides is 1. The second-order valence-electron chi connectivity index (χ2n) is 5.96. The maximum absolute atomic E-state index is 12.5. The number of phenols is 1. The first-order valence-corrected chi connectivity index (χ1v) is 9.68. The molecule has 0 radical (unpaired) electrons. The molecule has 1 heterocycles. The molecule has 0 bridgehead atoms. The van der Waals surface area contributed by atoms with Gasteiger partial charge in [0.2, 0.25) is 0 Å². The van der Waals surface area contributed by atoms with E-state index < -0.39 is 5.91 Å². The molecule has 0 fully saturated rings. The molecule has 0 saturated carbocycles. The number of aromatic nitrogens is 1. The van der Waals surface area contributed by atoms with Crippen LogP contribution in [0.15, 0.2) is 54.2 Å². The van der Waals surface area contributed by atoms with Crippen LogP contribution in [-0.4, -0.2) is 23.1 Å². The molecule has 1 aromatic heterocycles. The number of nitrogens with one attached hydrogen (secondary N) is 1. The number of anilines is 1. The van der Waals surface area contributed by atoms with Crippen LogP contribution in [0, 0.1) is 11.3 Å². The number of phenolic OH excluding ortho intramolecular Hbond substituents is 1. The minimum atomic E-state index is -0.571.